The normalized spacial score (nSPS) is 10.3. The summed E-state index contributed by atoms with van der Waals surface area (Å²) in [5.41, 5.74) is -0.577. The van der Waals surface area contributed by atoms with Crippen LogP contribution in [-0.2, 0) is 6.54 Å². The fourth-order valence-electron chi connectivity index (χ4n) is 1.50. The van der Waals surface area contributed by atoms with Crippen LogP contribution in [0.4, 0.5) is 0 Å². The largest absolute Gasteiger partial charge is 0.292 e. The lowest BCUT2D eigenvalue weighted by molar-refractivity contribution is 0.0965. The van der Waals surface area contributed by atoms with E-state index in [2.05, 4.69) is 5.10 Å². The third-order valence-corrected chi connectivity index (χ3v) is 2.69. The summed E-state index contributed by atoms with van der Waals surface area (Å²) >= 11 is 5.88. The maximum Gasteiger partial charge on any atom is 0.265 e. The molecule has 0 aliphatic rings. The zero-order chi connectivity index (χ0) is 13.1. The van der Waals surface area contributed by atoms with E-state index < -0.39 is 11.1 Å². The zero-order valence-electron chi connectivity index (χ0n) is 9.22. The summed E-state index contributed by atoms with van der Waals surface area (Å²) in [6.45, 7) is -0.251. The Hall–Kier alpha value is -2.14. The summed E-state index contributed by atoms with van der Waals surface area (Å²) in [4.78, 5) is 34.4. The highest BCUT2D eigenvalue weighted by molar-refractivity contribution is 6.33. The minimum absolute atomic E-state index is 0.251. The number of hydrogen-bond donors (Lipinski definition) is 1. The van der Waals surface area contributed by atoms with Gasteiger partial charge in [0.1, 0.15) is 6.54 Å². The predicted molar refractivity (Wildman–Crippen MR) is 67.1 cm³/mol. The Morgan fingerprint density at radius 3 is 2.61 bits per heavy atom. The zero-order valence-corrected chi connectivity index (χ0v) is 9.98. The quantitative estimate of drug-likeness (QED) is 0.843. The molecule has 0 fully saturated rings. The number of H-pyrrole nitrogens is 1. The van der Waals surface area contributed by atoms with Crippen LogP contribution in [0, 0.1) is 0 Å². The Morgan fingerprint density at radius 2 is 1.89 bits per heavy atom. The highest BCUT2D eigenvalue weighted by atomic mass is 35.5. The molecule has 1 aromatic carbocycles. The van der Waals surface area contributed by atoms with E-state index in [4.69, 9.17) is 11.6 Å². The molecule has 0 amide bonds. The summed E-state index contributed by atoms with van der Waals surface area (Å²) in [5.74, 6) is -0.343. The molecule has 2 rings (SSSR count). The summed E-state index contributed by atoms with van der Waals surface area (Å²) in [7, 11) is 0. The molecule has 0 saturated carbocycles. The van der Waals surface area contributed by atoms with Crippen molar-refractivity contribution in [1.29, 1.82) is 0 Å². The number of ketones is 1. The monoisotopic (exact) mass is 264 g/mol. The summed E-state index contributed by atoms with van der Waals surface area (Å²) in [5, 5.41) is 2.59. The minimum Gasteiger partial charge on any atom is -0.292 e. The van der Waals surface area contributed by atoms with Gasteiger partial charge in [-0.1, -0.05) is 23.7 Å². The van der Waals surface area contributed by atoms with Gasteiger partial charge in [0.05, 0.1) is 5.02 Å². The number of rotatable bonds is 3. The Labute approximate surface area is 107 Å². The molecule has 0 unspecified atom stereocenters. The lowest BCUT2D eigenvalue weighted by Gasteiger charge is -2.05. The van der Waals surface area contributed by atoms with Crippen LogP contribution in [0.1, 0.15) is 10.4 Å². The second kappa shape index (κ2) is 5.01. The molecule has 0 saturated heterocycles. The molecule has 0 spiro atoms. The minimum atomic E-state index is -0.449. The predicted octanol–water partition coefficient (Wildman–Crippen LogP) is 1.07. The van der Waals surface area contributed by atoms with Gasteiger partial charge in [0.2, 0.25) is 0 Å². The molecule has 5 nitrogen and oxygen atoms in total. The first-order chi connectivity index (χ1) is 8.58. The van der Waals surface area contributed by atoms with Crippen LogP contribution in [0.15, 0.2) is 46.0 Å². The van der Waals surface area contributed by atoms with Crippen LogP contribution in [0.5, 0.6) is 0 Å². The third kappa shape index (κ3) is 2.57. The topological polar surface area (TPSA) is 71.9 Å². The van der Waals surface area contributed by atoms with Gasteiger partial charge in [-0.2, -0.15) is 0 Å². The smallest absolute Gasteiger partial charge is 0.265 e. The molecule has 0 radical (unpaired) electrons. The van der Waals surface area contributed by atoms with Crippen LogP contribution < -0.4 is 11.1 Å². The number of Topliss-reactive ketones (excluding diaryl/α,β-unsaturated/α-hetero) is 1. The molecule has 1 heterocycles. The van der Waals surface area contributed by atoms with Crippen molar-refractivity contribution >= 4 is 17.4 Å². The number of halogens is 1. The van der Waals surface area contributed by atoms with Crippen LogP contribution in [-0.4, -0.2) is 15.6 Å². The van der Waals surface area contributed by atoms with Crippen molar-refractivity contribution in [2.45, 2.75) is 6.54 Å². The first kappa shape index (κ1) is 12.3. The molecule has 0 aliphatic carbocycles. The van der Waals surface area contributed by atoms with Crippen molar-refractivity contribution in [3.05, 3.63) is 67.7 Å². The van der Waals surface area contributed by atoms with Gasteiger partial charge >= 0.3 is 0 Å². The maximum absolute atomic E-state index is 11.9. The number of nitrogens with zero attached hydrogens (tertiary/aromatic N) is 1. The fourth-order valence-corrected chi connectivity index (χ4v) is 1.74. The van der Waals surface area contributed by atoms with Crippen molar-refractivity contribution in [2.75, 3.05) is 0 Å². The van der Waals surface area contributed by atoms with E-state index >= 15 is 0 Å². The van der Waals surface area contributed by atoms with E-state index in [0.29, 0.717) is 10.6 Å². The van der Waals surface area contributed by atoms with Gasteiger partial charge in [0, 0.05) is 17.7 Å². The standard InChI is InChI=1S/C12H9ClN2O3/c13-9-4-2-1-3-8(9)10(16)7-15-12(18)6-5-11(17)14-15/h1-6H,7H2,(H,14,17). The highest BCUT2D eigenvalue weighted by Gasteiger charge is 2.11. The molecule has 0 bridgehead atoms. The first-order valence-corrected chi connectivity index (χ1v) is 5.53. The van der Waals surface area contributed by atoms with Crippen LogP contribution in [0.2, 0.25) is 5.02 Å². The molecular weight excluding hydrogens is 256 g/mol. The van der Waals surface area contributed by atoms with Gasteiger partial charge in [-0.3, -0.25) is 19.5 Å². The molecule has 6 heteroatoms. The SMILES string of the molecule is O=C(Cn1[nH]c(=O)ccc1=O)c1ccccc1Cl. The van der Waals surface area contributed by atoms with Crippen molar-refractivity contribution in [1.82, 2.24) is 9.78 Å². The number of aromatic amines is 1. The van der Waals surface area contributed by atoms with Crippen molar-refractivity contribution in [3.63, 3.8) is 0 Å². The summed E-state index contributed by atoms with van der Waals surface area (Å²) in [6, 6.07) is 8.75. The lowest BCUT2D eigenvalue weighted by Crippen LogP contribution is -2.30. The number of benzene rings is 1. The van der Waals surface area contributed by atoms with Crippen molar-refractivity contribution in [3.8, 4) is 0 Å². The number of carbonyl (C=O) groups excluding carboxylic acids is 1. The average Bonchev–Trinajstić information content (AvgIpc) is 2.34. The van der Waals surface area contributed by atoms with Crippen molar-refractivity contribution in [2.24, 2.45) is 0 Å². The highest BCUT2D eigenvalue weighted by Crippen LogP contribution is 2.15. The van der Waals surface area contributed by atoms with Gasteiger partial charge in [0.15, 0.2) is 5.78 Å². The van der Waals surface area contributed by atoms with E-state index in [0.717, 1.165) is 16.8 Å². The Morgan fingerprint density at radius 1 is 1.17 bits per heavy atom. The lowest BCUT2D eigenvalue weighted by atomic mass is 10.1. The maximum atomic E-state index is 11.9. The van der Waals surface area contributed by atoms with E-state index in [9.17, 15) is 14.4 Å². The van der Waals surface area contributed by atoms with Gasteiger partial charge in [0.25, 0.3) is 11.1 Å². The van der Waals surface area contributed by atoms with Gasteiger partial charge in [-0.05, 0) is 12.1 Å². The van der Waals surface area contributed by atoms with Crippen molar-refractivity contribution < 1.29 is 4.79 Å². The molecule has 1 aromatic heterocycles. The summed E-state index contributed by atoms with van der Waals surface area (Å²) < 4.78 is 0.952. The van der Waals surface area contributed by atoms with E-state index in [-0.39, 0.29) is 12.3 Å². The molecular formula is C12H9ClN2O3. The second-order valence-corrected chi connectivity index (χ2v) is 4.04. The van der Waals surface area contributed by atoms with Crippen LogP contribution >= 0.6 is 11.6 Å². The van der Waals surface area contributed by atoms with Gasteiger partial charge in [-0.15, -0.1) is 0 Å². The van der Waals surface area contributed by atoms with E-state index in [1.165, 1.54) is 0 Å². The van der Waals surface area contributed by atoms with Crippen LogP contribution in [0.25, 0.3) is 0 Å². The molecule has 1 N–H and O–H groups in total. The average molecular weight is 265 g/mol. The molecule has 0 aliphatic heterocycles. The Kier molecular flexibility index (Phi) is 3.43. The first-order valence-electron chi connectivity index (χ1n) is 5.16. The molecule has 0 atom stereocenters. The number of carbonyl (C=O) groups is 1. The molecule has 92 valence electrons. The fraction of sp³-hybridized carbons (Fsp3) is 0.0833. The molecule has 2 aromatic rings. The number of aromatic nitrogens is 2. The third-order valence-electron chi connectivity index (χ3n) is 2.36. The number of nitrogens with one attached hydrogen (secondary N) is 1. The van der Waals surface area contributed by atoms with E-state index in [1.807, 2.05) is 0 Å². The van der Waals surface area contributed by atoms with Gasteiger partial charge < -0.3 is 0 Å². The molecule has 18 heavy (non-hydrogen) atoms. The Bertz CT molecular complexity index is 703. The van der Waals surface area contributed by atoms with E-state index in [1.54, 1.807) is 24.3 Å². The van der Waals surface area contributed by atoms with Gasteiger partial charge in [-0.25, -0.2) is 4.68 Å². The number of hydrogen-bond acceptors (Lipinski definition) is 3. The second-order valence-electron chi connectivity index (χ2n) is 3.64. The van der Waals surface area contributed by atoms with Crippen LogP contribution in [0.3, 0.4) is 0 Å². The Balaban J connectivity index is 2.33. The summed E-state index contributed by atoms with van der Waals surface area (Å²) in [6.07, 6.45) is 0.